The van der Waals surface area contributed by atoms with E-state index < -0.39 is 0 Å². The zero-order valence-corrected chi connectivity index (χ0v) is 17.7. The maximum atomic E-state index is 13.1. The smallest absolute Gasteiger partial charge is 0.226 e. The third-order valence-electron chi connectivity index (χ3n) is 6.33. The number of Topliss-reactive ketones (excluding diaryl/α,β-unsaturated/α-hetero) is 1. The molecule has 1 atom stereocenters. The summed E-state index contributed by atoms with van der Waals surface area (Å²) in [5, 5.41) is 10.6. The zero-order valence-electron chi connectivity index (χ0n) is 17.7. The highest BCUT2D eigenvalue weighted by Gasteiger charge is 2.38. The van der Waals surface area contributed by atoms with Crippen LogP contribution in [0.25, 0.3) is 22.2 Å². The maximum absolute atomic E-state index is 13.1. The van der Waals surface area contributed by atoms with Crippen LogP contribution in [0, 0.1) is 0 Å². The molecule has 1 aliphatic carbocycles. The number of fused-ring (bicyclic) bond motifs is 2. The van der Waals surface area contributed by atoms with Crippen molar-refractivity contribution in [2.75, 3.05) is 12.4 Å². The Kier molecular flexibility index (Phi) is 4.31. The molecule has 2 heterocycles. The lowest BCUT2D eigenvalue weighted by atomic mass is 9.85. The van der Waals surface area contributed by atoms with Gasteiger partial charge in [-0.15, -0.1) is 5.10 Å². The summed E-state index contributed by atoms with van der Waals surface area (Å²) in [5.41, 5.74) is 3.59. The van der Waals surface area contributed by atoms with Crippen LogP contribution in [0.5, 0.6) is 5.75 Å². The Morgan fingerprint density at radius 3 is 2.72 bits per heavy atom. The number of methoxy groups -OCH3 is 1. The number of nitrogens with one attached hydrogen (secondary N) is 1. The molecule has 1 unspecified atom stereocenters. The number of aromatic nitrogens is 3. The number of benzene rings is 3. The number of hydrogen-bond acceptors (Lipinski definition) is 5. The van der Waals surface area contributed by atoms with Gasteiger partial charge in [0.1, 0.15) is 11.8 Å². The molecule has 0 radical (unpaired) electrons. The van der Waals surface area contributed by atoms with Gasteiger partial charge in [-0.2, -0.15) is 4.98 Å². The normalized spacial score (nSPS) is 17.7. The summed E-state index contributed by atoms with van der Waals surface area (Å²) in [4.78, 5) is 17.9. The number of hydrogen-bond donors (Lipinski definition) is 1. The first-order valence-electron chi connectivity index (χ1n) is 10.9. The number of rotatable bonds is 3. The summed E-state index contributed by atoms with van der Waals surface area (Å²) in [5.74, 6) is 2.18. The van der Waals surface area contributed by atoms with Crippen molar-refractivity contribution < 1.29 is 9.53 Å². The molecule has 0 saturated carbocycles. The van der Waals surface area contributed by atoms with Crippen molar-refractivity contribution >= 4 is 22.5 Å². The minimum atomic E-state index is -0.374. The number of anilines is 1. The molecule has 6 nitrogen and oxygen atoms in total. The van der Waals surface area contributed by atoms with Crippen molar-refractivity contribution in [1.82, 2.24) is 14.8 Å². The van der Waals surface area contributed by atoms with Crippen LogP contribution in [0.1, 0.15) is 30.9 Å². The maximum Gasteiger partial charge on any atom is 0.226 e. The number of carbonyl (C=O) groups excluding carboxylic acids is 1. The molecule has 6 rings (SSSR count). The monoisotopic (exact) mass is 422 g/mol. The highest BCUT2D eigenvalue weighted by Crippen LogP contribution is 2.43. The van der Waals surface area contributed by atoms with Gasteiger partial charge in [-0.25, -0.2) is 4.68 Å². The van der Waals surface area contributed by atoms with E-state index in [0.29, 0.717) is 18.2 Å². The lowest BCUT2D eigenvalue weighted by molar-refractivity contribution is -0.116. The SMILES string of the molecule is COc1ccccc1C1C2=C(CCCC2=O)Nc2nc(-c3cccc4ccccc34)nn21. The number of nitrogens with zero attached hydrogens (tertiary/aromatic N) is 3. The van der Waals surface area contributed by atoms with Crippen LogP contribution in [0.15, 0.2) is 78.0 Å². The van der Waals surface area contributed by atoms with E-state index in [1.807, 2.05) is 53.2 Å². The summed E-state index contributed by atoms with van der Waals surface area (Å²) in [6.07, 6.45) is 2.21. The Labute approximate surface area is 185 Å². The van der Waals surface area contributed by atoms with Gasteiger partial charge in [0, 0.05) is 28.8 Å². The lowest BCUT2D eigenvalue weighted by Crippen LogP contribution is -2.31. The van der Waals surface area contributed by atoms with E-state index >= 15 is 0 Å². The van der Waals surface area contributed by atoms with Gasteiger partial charge in [-0.05, 0) is 29.7 Å². The van der Waals surface area contributed by atoms with E-state index in [9.17, 15) is 4.79 Å². The predicted octanol–water partition coefficient (Wildman–Crippen LogP) is 5.13. The van der Waals surface area contributed by atoms with E-state index in [4.69, 9.17) is 14.8 Å². The minimum Gasteiger partial charge on any atom is -0.496 e. The van der Waals surface area contributed by atoms with Gasteiger partial charge < -0.3 is 10.1 Å². The Morgan fingerprint density at radius 1 is 1.00 bits per heavy atom. The van der Waals surface area contributed by atoms with Crippen molar-refractivity contribution in [1.29, 1.82) is 0 Å². The van der Waals surface area contributed by atoms with Gasteiger partial charge in [0.15, 0.2) is 11.6 Å². The van der Waals surface area contributed by atoms with E-state index in [-0.39, 0.29) is 11.8 Å². The van der Waals surface area contributed by atoms with E-state index in [1.54, 1.807) is 7.11 Å². The van der Waals surface area contributed by atoms with Gasteiger partial charge in [-0.3, -0.25) is 4.79 Å². The Hall–Kier alpha value is -3.93. The summed E-state index contributed by atoms with van der Waals surface area (Å²) in [7, 11) is 1.65. The molecule has 1 N–H and O–H groups in total. The standard InChI is InChI=1S/C26H22N4O2/c1-32-22-15-5-4-11-19(22)24-23-20(13-7-14-21(23)31)27-26-28-25(29-30(24)26)18-12-6-9-16-8-2-3-10-17(16)18/h2-6,8-12,15,24H,7,13-14H2,1H3,(H,27,28,29). The fraction of sp³-hybridized carbons (Fsp3) is 0.192. The molecular weight excluding hydrogens is 400 g/mol. The second kappa shape index (κ2) is 7.34. The summed E-state index contributed by atoms with van der Waals surface area (Å²) >= 11 is 0. The quantitative estimate of drug-likeness (QED) is 0.496. The van der Waals surface area contributed by atoms with Crippen LogP contribution in [0.2, 0.25) is 0 Å². The molecule has 0 fully saturated rings. The summed E-state index contributed by atoms with van der Waals surface area (Å²) in [6, 6.07) is 21.8. The van der Waals surface area contributed by atoms with E-state index in [1.165, 1.54) is 0 Å². The van der Waals surface area contributed by atoms with Crippen molar-refractivity contribution in [2.24, 2.45) is 0 Å². The molecule has 32 heavy (non-hydrogen) atoms. The average Bonchev–Trinajstić information content (AvgIpc) is 3.26. The molecule has 158 valence electrons. The van der Waals surface area contributed by atoms with Gasteiger partial charge in [-0.1, -0.05) is 60.7 Å². The highest BCUT2D eigenvalue weighted by atomic mass is 16.5. The Balaban J connectivity index is 1.57. The van der Waals surface area contributed by atoms with Crippen LogP contribution in [-0.4, -0.2) is 27.7 Å². The fourth-order valence-electron chi connectivity index (χ4n) is 4.87. The molecule has 0 bridgehead atoms. The topological polar surface area (TPSA) is 69.0 Å². The van der Waals surface area contributed by atoms with Crippen LogP contribution >= 0.6 is 0 Å². The first kappa shape index (κ1) is 18.8. The third-order valence-corrected chi connectivity index (χ3v) is 6.33. The van der Waals surface area contributed by atoms with Crippen LogP contribution in [-0.2, 0) is 4.79 Å². The van der Waals surface area contributed by atoms with E-state index in [2.05, 4.69) is 23.5 Å². The van der Waals surface area contributed by atoms with Crippen molar-refractivity contribution in [3.05, 3.63) is 83.6 Å². The predicted molar refractivity (Wildman–Crippen MR) is 124 cm³/mol. The molecule has 3 aromatic carbocycles. The van der Waals surface area contributed by atoms with Crippen molar-refractivity contribution in [3.8, 4) is 17.1 Å². The highest BCUT2D eigenvalue weighted by molar-refractivity contribution is 6.00. The van der Waals surface area contributed by atoms with Gasteiger partial charge in [0.2, 0.25) is 5.95 Å². The number of ether oxygens (including phenoxy) is 1. The lowest BCUT2D eigenvalue weighted by Gasteiger charge is -2.32. The molecule has 0 spiro atoms. The first-order valence-corrected chi connectivity index (χ1v) is 10.9. The molecule has 2 aliphatic rings. The minimum absolute atomic E-state index is 0.155. The molecule has 4 aromatic rings. The van der Waals surface area contributed by atoms with Gasteiger partial charge in [0.05, 0.1) is 7.11 Å². The average molecular weight is 422 g/mol. The van der Waals surface area contributed by atoms with Crippen LogP contribution in [0.3, 0.4) is 0 Å². The fourth-order valence-corrected chi connectivity index (χ4v) is 4.87. The molecule has 1 aromatic heterocycles. The number of carbonyl (C=O) groups is 1. The van der Waals surface area contributed by atoms with Gasteiger partial charge >= 0.3 is 0 Å². The molecule has 6 heteroatoms. The molecule has 0 saturated heterocycles. The Morgan fingerprint density at radius 2 is 1.81 bits per heavy atom. The first-order chi connectivity index (χ1) is 15.7. The molecule has 0 amide bonds. The second-order valence-electron chi connectivity index (χ2n) is 8.17. The summed E-state index contributed by atoms with van der Waals surface area (Å²) in [6.45, 7) is 0. The number of para-hydroxylation sites is 1. The Bertz CT molecular complexity index is 1400. The number of allylic oxidation sites excluding steroid dienone is 2. The molecule has 1 aliphatic heterocycles. The largest absolute Gasteiger partial charge is 0.496 e. The number of ketones is 1. The van der Waals surface area contributed by atoms with Crippen LogP contribution in [0.4, 0.5) is 5.95 Å². The van der Waals surface area contributed by atoms with Gasteiger partial charge in [0.25, 0.3) is 0 Å². The summed E-state index contributed by atoms with van der Waals surface area (Å²) < 4.78 is 7.51. The van der Waals surface area contributed by atoms with Crippen LogP contribution < -0.4 is 10.1 Å². The zero-order chi connectivity index (χ0) is 21.7. The second-order valence-corrected chi connectivity index (χ2v) is 8.17. The van der Waals surface area contributed by atoms with E-state index in [0.717, 1.165) is 51.8 Å². The van der Waals surface area contributed by atoms with Crippen molar-refractivity contribution in [3.63, 3.8) is 0 Å². The third kappa shape index (κ3) is 2.83. The molecular formula is C26H22N4O2. The van der Waals surface area contributed by atoms with Crippen molar-refractivity contribution in [2.45, 2.75) is 25.3 Å².